The average molecular weight is 348 g/mol. The van der Waals surface area contributed by atoms with Crippen molar-refractivity contribution in [2.45, 2.75) is 10.8 Å². The van der Waals surface area contributed by atoms with Crippen LogP contribution in [0.1, 0.15) is 15.9 Å². The van der Waals surface area contributed by atoms with E-state index in [1.807, 2.05) is 0 Å². The van der Waals surface area contributed by atoms with Crippen molar-refractivity contribution in [3.63, 3.8) is 0 Å². The number of nitrogens with one attached hydrogen (secondary N) is 1. The van der Waals surface area contributed by atoms with Crippen LogP contribution in [0, 0.1) is 0 Å². The van der Waals surface area contributed by atoms with Crippen LogP contribution in [-0.4, -0.2) is 18.9 Å². The number of hydrogen-bond donors (Lipinski definition) is 1. The molecule has 0 aliphatic carbocycles. The maximum absolute atomic E-state index is 12.1. The molecule has 0 unspecified atom stereocenters. The van der Waals surface area contributed by atoms with Gasteiger partial charge in [-0.3, -0.25) is 4.79 Å². The molecule has 0 aromatic heterocycles. The van der Waals surface area contributed by atoms with Gasteiger partial charge in [0.2, 0.25) is 0 Å². The van der Waals surface area contributed by atoms with E-state index in [0.29, 0.717) is 5.56 Å². The second-order valence-electron chi connectivity index (χ2n) is 4.27. The van der Waals surface area contributed by atoms with Gasteiger partial charge in [-0.2, -0.15) is 0 Å². The van der Waals surface area contributed by atoms with Gasteiger partial charge in [0.1, 0.15) is 10.1 Å². The first kappa shape index (κ1) is 19.2. The summed E-state index contributed by atoms with van der Waals surface area (Å²) in [6.07, 6.45) is 0. The fourth-order valence-electron chi connectivity index (χ4n) is 1.73. The second kappa shape index (κ2) is 8.10. The monoisotopic (exact) mass is 347 g/mol. The molecule has 0 aliphatic rings. The summed E-state index contributed by atoms with van der Waals surface area (Å²) in [5, 5.41) is 2.54. The molecule has 1 amide bonds. The number of halogens is 1. The number of carbonyl (C=O) groups excluding carboxylic acids is 1. The average Bonchev–Trinajstić information content (AvgIpc) is 2.46. The minimum Gasteiger partial charge on any atom is -0.744 e. The van der Waals surface area contributed by atoms with E-state index in [4.69, 9.17) is 11.6 Å². The molecule has 0 spiro atoms. The van der Waals surface area contributed by atoms with Crippen LogP contribution in [0.3, 0.4) is 0 Å². The summed E-state index contributed by atoms with van der Waals surface area (Å²) >= 11 is 5.70. The van der Waals surface area contributed by atoms with Gasteiger partial charge in [0.15, 0.2) is 0 Å². The number of anilines is 1. The van der Waals surface area contributed by atoms with Crippen LogP contribution in [0.25, 0.3) is 0 Å². The van der Waals surface area contributed by atoms with E-state index in [0.717, 1.165) is 11.6 Å². The van der Waals surface area contributed by atoms with Gasteiger partial charge in [0.05, 0.1) is 4.90 Å². The summed E-state index contributed by atoms with van der Waals surface area (Å²) in [7, 11) is -4.56. The van der Waals surface area contributed by atoms with Crippen molar-refractivity contribution in [1.29, 1.82) is 0 Å². The second-order valence-corrected chi connectivity index (χ2v) is 5.92. The van der Waals surface area contributed by atoms with Crippen LogP contribution < -0.4 is 34.9 Å². The van der Waals surface area contributed by atoms with Crippen molar-refractivity contribution in [1.82, 2.24) is 0 Å². The Bertz CT molecular complexity index is 780. The molecule has 2 rings (SSSR count). The summed E-state index contributed by atoms with van der Waals surface area (Å²) in [4.78, 5) is 11.7. The molecule has 0 fully saturated rings. The molecule has 0 bridgehead atoms. The van der Waals surface area contributed by atoms with Crippen LogP contribution in [0.2, 0.25) is 0 Å². The Morgan fingerprint density at radius 1 is 1.14 bits per heavy atom. The first-order valence-corrected chi connectivity index (χ1v) is 7.86. The van der Waals surface area contributed by atoms with E-state index >= 15 is 0 Å². The third kappa shape index (κ3) is 5.08. The smallest absolute Gasteiger partial charge is 0.744 e. The third-order valence-corrected chi connectivity index (χ3v) is 3.86. The molecule has 0 saturated heterocycles. The van der Waals surface area contributed by atoms with Crippen molar-refractivity contribution in [2.75, 3.05) is 5.32 Å². The molecule has 0 heterocycles. The van der Waals surface area contributed by atoms with Gasteiger partial charge in [-0.15, -0.1) is 11.6 Å². The first-order chi connectivity index (χ1) is 9.90. The van der Waals surface area contributed by atoms with E-state index in [-0.39, 0.29) is 41.1 Å². The van der Waals surface area contributed by atoms with Gasteiger partial charge in [0, 0.05) is 17.1 Å². The third-order valence-electron chi connectivity index (χ3n) is 2.72. The minimum absolute atomic E-state index is 0. The predicted molar refractivity (Wildman–Crippen MR) is 78.4 cm³/mol. The summed E-state index contributed by atoms with van der Waals surface area (Å²) < 4.78 is 32.8. The Morgan fingerprint density at radius 2 is 1.82 bits per heavy atom. The molecular weight excluding hydrogens is 337 g/mol. The molecule has 2 aromatic rings. The normalized spacial score (nSPS) is 10.6. The van der Waals surface area contributed by atoms with Crippen molar-refractivity contribution < 1.29 is 47.3 Å². The van der Waals surface area contributed by atoms with Crippen LogP contribution in [0.4, 0.5) is 5.69 Å². The zero-order chi connectivity index (χ0) is 15.5. The maximum Gasteiger partial charge on any atom is 1.00 e. The van der Waals surface area contributed by atoms with Crippen LogP contribution in [0.5, 0.6) is 0 Å². The molecule has 0 atom stereocenters. The van der Waals surface area contributed by atoms with Crippen LogP contribution in [0.15, 0.2) is 53.4 Å². The number of hydrogen-bond acceptors (Lipinski definition) is 4. The standard InChI is InChI=1S/C14H12ClNO4S.Na/c15-9-10-3-1-4-11(7-10)14(17)16-12-5-2-6-13(8-12)21(18,19)20;/h1-8H,9H2,(H,16,17)(H,18,19,20);/q;+1/p-1. The quantitative estimate of drug-likeness (QED) is 0.462. The van der Waals surface area contributed by atoms with E-state index < -0.39 is 20.9 Å². The van der Waals surface area contributed by atoms with Crippen LogP contribution >= 0.6 is 11.6 Å². The zero-order valence-corrected chi connectivity index (χ0v) is 15.3. The Hall–Kier alpha value is -0.890. The van der Waals surface area contributed by atoms with Crippen molar-refractivity contribution in [3.8, 4) is 0 Å². The molecule has 0 aliphatic heterocycles. The van der Waals surface area contributed by atoms with E-state index in [1.165, 1.54) is 18.2 Å². The Labute approximate surface area is 155 Å². The first-order valence-electron chi connectivity index (χ1n) is 5.92. The molecule has 22 heavy (non-hydrogen) atoms. The van der Waals surface area contributed by atoms with Crippen LogP contribution in [-0.2, 0) is 16.0 Å². The van der Waals surface area contributed by atoms with Gasteiger partial charge in [-0.1, -0.05) is 18.2 Å². The number of rotatable bonds is 4. The van der Waals surface area contributed by atoms with Gasteiger partial charge in [-0.05, 0) is 35.9 Å². The molecule has 8 heteroatoms. The SMILES string of the molecule is O=C(Nc1cccc(S(=O)(=O)[O-])c1)c1cccc(CCl)c1.[Na+]. The maximum atomic E-state index is 12.1. The zero-order valence-electron chi connectivity index (χ0n) is 11.7. The van der Waals surface area contributed by atoms with Crippen molar-refractivity contribution >= 4 is 33.3 Å². The number of benzene rings is 2. The summed E-state index contributed by atoms with van der Waals surface area (Å²) in [5.41, 5.74) is 1.41. The predicted octanol–water partition coefficient (Wildman–Crippen LogP) is -0.414. The molecule has 2 aromatic carbocycles. The van der Waals surface area contributed by atoms with Crippen molar-refractivity contribution in [2.24, 2.45) is 0 Å². The molecule has 0 radical (unpaired) electrons. The molecule has 110 valence electrons. The summed E-state index contributed by atoms with van der Waals surface area (Å²) in [5.74, 6) is -0.132. The minimum atomic E-state index is -4.56. The topological polar surface area (TPSA) is 86.3 Å². The molecular formula is C14H11ClNNaO4S. The van der Waals surface area contributed by atoms with Gasteiger partial charge < -0.3 is 9.87 Å². The fraction of sp³-hybridized carbons (Fsp3) is 0.0714. The van der Waals surface area contributed by atoms with Gasteiger partial charge in [-0.25, -0.2) is 8.42 Å². The van der Waals surface area contributed by atoms with E-state index in [1.54, 1.807) is 24.3 Å². The summed E-state index contributed by atoms with van der Waals surface area (Å²) in [6.45, 7) is 0. The molecule has 0 saturated carbocycles. The largest absolute Gasteiger partial charge is 1.00 e. The fourth-order valence-corrected chi connectivity index (χ4v) is 2.41. The Kier molecular flexibility index (Phi) is 7.05. The van der Waals surface area contributed by atoms with Crippen molar-refractivity contribution in [3.05, 3.63) is 59.7 Å². The summed E-state index contributed by atoms with van der Waals surface area (Å²) in [6, 6.07) is 11.9. The van der Waals surface area contributed by atoms with E-state index in [2.05, 4.69) is 5.32 Å². The molecule has 5 nitrogen and oxygen atoms in total. The van der Waals surface area contributed by atoms with Gasteiger partial charge >= 0.3 is 29.6 Å². The van der Waals surface area contributed by atoms with E-state index in [9.17, 15) is 17.8 Å². The molecule has 1 N–H and O–H groups in total. The number of amides is 1. The number of carbonyl (C=O) groups is 1. The van der Waals surface area contributed by atoms with Gasteiger partial charge in [0.25, 0.3) is 5.91 Å². The Morgan fingerprint density at radius 3 is 2.45 bits per heavy atom. The Balaban J connectivity index is 0.00000242. The number of alkyl halides is 1.